The summed E-state index contributed by atoms with van der Waals surface area (Å²) < 4.78 is 98.2. The summed E-state index contributed by atoms with van der Waals surface area (Å²) in [6.07, 6.45) is 0. The van der Waals surface area contributed by atoms with E-state index in [-0.39, 0.29) is 23.0 Å². The van der Waals surface area contributed by atoms with Gasteiger partial charge in [0.25, 0.3) is 0 Å². The Kier molecular flexibility index (Phi) is 6.11. The number of nitrogens with one attached hydrogen (secondary N) is 1. The van der Waals surface area contributed by atoms with Gasteiger partial charge in [-0.1, -0.05) is 0 Å². The van der Waals surface area contributed by atoms with Crippen LogP contribution in [-0.2, 0) is 21.4 Å². The van der Waals surface area contributed by atoms with Crippen LogP contribution in [-0.4, -0.2) is 42.8 Å². The number of rotatable bonds is 2. The molecule has 0 rings (SSSR count). The number of halogens is 6. The van der Waals surface area contributed by atoms with Crippen LogP contribution in [0.4, 0.5) is 26.3 Å². The van der Waals surface area contributed by atoms with Gasteiger partial charge in [-0.25, -0.2) is 0 Å². The number of sulfonamides is 1. The minimum atomic E-state index is -6.25. The Bertz CT molecular complexity index is 296. The monoisotopic (exact) mass is 272 g/mol. The number of hydrogen-bond acceptors (Lipinski definition) is 3. The molecule has 0 bridgehead atoms. The van der Waals surface area contributed by atoms with E-state index in [1.807, 2.05) is 0 Å². The number of hydrogen-bond donors (Lipinski definition) is 1. The molecule has 0 aromatic heterocycles. The molecule has 0 aliphatic carbocycles. The average molecular weight is 272 g/mol. The molecular weight excluding hydrogens is 271 g/mol. The smallest absolute Gasteiger partial charge is 0.590 e. The molecule has 1 atom stereocenters. The minimum absolute atomic E-state index is 0. The molecule has 13 heteroatoms. The van der Waals surface area contributed by atoms with Crippen LogP contribution in [0.1, 0.15) is 0 Å². The summed E-state index contributed by atoms with van der Waals surface area (Å²) >= 11 is -4.31. The van der Waals surface area contributed by atoms with Gasteiger partial charge < -0.3 is 4.55 Å². The van der Waals surface area contributed by atoms with Crippen LogP contribution in [0.25, 0.3) is 0 Å². The van der Waals surface area contributed by atoms with Crippen molar-refractivity contribution >= 4 is 40.2 Å². The van der Waals surface area contributed by atoms with Crippen molar-refractivity contribution in [3.05, 3.63) is 0 Å². The van der Waals surface area contributed by atoms with Gasteiger partial charge in [0.15, 0.2) is 11.4 Å². The average Bonchev–Trinajstić information content (AvgIpc) is 1.80. The van der Waals surface area contributed by atoms with Crippen molar-refractivity contribution in [3.63, 3.8) is 0 Å². The van der Waals surface area contributed by atoms with E-state index in [0.717, 1.165) is 0 Å². The Labute approximate surface area is 94.9 Å². The molecule has 0 aromatic rings. The van der Waals surface area contributed by atoms with Crippen LogP contribution < -0.4 is 4.13 Å². The van der Waals surface area contributed by atoms with Crippen molar-refractivity contribution in [2.75, 3.05) is 0 Å². The standard InChI is InChI=1S/C2HF6NO3S2.Li/c3-1(4,5)13(10)9-14(11,12)2(6,7)8;/h9H;. The zero-order chi connectivity index (χ0) is 11.8. The van der Waals surface area contributed by atoms with Crippen molar-refractivity contribution in [3.8, 4) is 0 Å². The maximum absolute atomic E-state index is 11.4. The predicted octanol–water partition coefficient (Wildman–Crippen LogP) is 0.228. The fourth-order valence-corrected chi connectivity index (χ4v) is 1.75. The zero-order valence-corrected chi connectivity index (χ0v) is 8.44. The van der Waals surface area contributed by atoms with E-state index >= 15 is 0 Å². The molecule has 4 nitrogen and oxygen atoms in total. The Morgan fingerprint density at radius 2 is 1.40 bits per heavy atom. The fourth-order valence-electron chi connectivity index (χ4n) is 0.194. The van der Waals surface area contributed by atoms with Crippen molar-refractivity contribution in [1.29, 1.82) is 0 Å². The van der Waals surface area contributed by atoms with Gasteiger partial charge in [-0.05, 0) is 4.13 Å². The maximum atomic E-state index is 11.4. The molecule has 0 spiro atoms. The Morgan fingerprint density at radius 1 is 1.07 bits per heavy atom. The predicted molar refractivity (Wildman–Crippen MR) is 38.1 cm³/mol. The molecule has 1 radical (unpaired) electrons. The van der Waals surface area contributed by atoms with Crippen LogP contribution in [0.15, 0.2) is 0 Å². The van der Waals surface area contributed by atoms with E-state index in [9.17, 15) is 39.3 Å². The quantitative estimate of drug-likeness (QED) is 0.444. The zero-order valence-electron chi connectivity index (χ0n) is 6.81. The second-order valence-corrected chi connectivity index (χ2v) is 4.88. The van der Waals surface area contributed by atoms with Crippen LogP contribution in [0.5, 0.6) is 0 Å². The van der Waals surface area contributed by atoms with E-state index < -0.39 is 32.4 Å². The molecule has 0 saturated carbocycles. The normalized spacial score (nSPS) is 15.7. The fraction of sp³-hybridized carbons (Fsp3) is 1.00. The van der Waals surface area contributed by atoms with Crippen molar-refractivity contribution < 1.29 is 39.3 Å². The SMILES string of the molecule is O=S(=O)(N[S+]([O-])C(F)(F)F)C(F)(F)F.[Li]. The second kappa shape index (κ2) is 5.15. The molecule has 0 amide bonds. The maximum Gasteiger partial charge on any atom is 0.593 e. The van der Waals surface area contributed by atoms with Gasteiger partial charge >= 0.3 is 21.0 Å². The molecule has 0 fully saturated rings. The molecule has 0 saturated heterocycles. The third-order valence-corrected chi connectivity index (χ3v) is 3.21. The minimum Gasteiger partial charge on any atom is -0.590 e. The van der Waals surface area contributed by atoms with E-state index in [0.29, 0.717) is 0 Å². The molecular formula is C2HF6LiNO3S2. The van der Waals surface area contributed by atoms with Crippen LogP contribution in [0, 0.1) is 0 Å². The molecule has 0 aliphatic heterocycles. The Morgan fingerprint density at radius 3 is 1.60 bits per heavy atom. The largest absolute Gasteiger partial charge is 0.593 e. The summed E-state index contributed by atoms with van der Waals surface area (Å²) in [5.74, 6) is 0. The molecule has 0 aromatic carbocycles. The molecule has 1 unspecified atom stereocenters. The molecule has 1 N–H and O–H groups in total. The molecule has 15 heavy (non-hydrogen) atoms. The Balaban J connectivity index is 0. The summed E-state index contributed by atoms with van der Waals surface area (Å²) in [7, 11) is -6.25. The van der Waals surface area contributed by atoms with Gasteiger partial charge in [0.05, 0.1) is 0 Å². The van der Waals surface area contributed by atoms with Gasteiger partial charge in [-0.3, -0.25) is 0 Å². The van der Waals surface area contributed by atoms with Crippen LogP contribution in [0.2, 0.25) is 0 Å². The first-order valence-electron chi connectivity index (χ1n) is 2.45. The first-order chi connectivity index (χ1) is 5.88. The summed E-state index contributed by atoms with van der Waals surface area (Å²) in [6.45, 7) is 0. The molecule has 0 heterocycles. The third-order valence-electron chi connectivity index (χ3n) is 0.700. The van der Waals surface area contributed by atoms with Crippen LogP contribution >= 0.6 is 0 Å². The summed E-state index contributed by atoms with van der Waals surface area (Å²) in [4.78, 5) is 0. The van der Waals surface area contributed by atoms with Gasteiger partial charge in [0.1, 0.15) is 0 Å². The van der Waals surface area contributed by atoms with Crippen molar-refractivity contribution in [2.24, 2.45) is 0 Å². The van der Waals surface area contributed by atoms with E-state index in [4.69, 9.17) is 0 Å². The molecule has 0 aliphatic rings. The third kappa shape index (κ3) is 5.32. The molecule has 87 valence electrons. The topological polar surface area (TPSA) is 69.2 Å². The first-order valence-corrected chi connectivity index (χ1v) is 5.08. The van der Waals surface area contributed by atoms with Crippen LogP contribution in [0.3, 0.4) is 0 Å². The van der Waals surface area contributed by atoms with E-state index in [1.165, 1.54) is 0 Å². The van der Waals surface area contributed by atoms with Gasteiger partial charge in [0, 0.05) is 18.9 Å². The van der Waals surface area contributed by atoms with Gasteiger partial charge in [0.2, 0.25) is 0 Å². The Hall–Kier alpha value is 0.397. The first kappa shape index (κ1) is 17.8. The van der Waals surface area contributed by atoms with E-state index in [2.05, 4.69) is 0 Å². The summed E-state index contributed by atoms with van der Waals surface area (Å²) in [5.41, 5.74) is -11.5. The van der Waals surface area contributed by atoms with Gasteiger partial charge in [-0.15, -0.1) is 13.2 Å². The summed E-state index contributed by atoms with van der Waals surface area (Å²) in [5, 5.41) is 0. The van der Waals surface area contributed by atoms with Gasteiger partial charge in [-0.2, -0.15) is 21.6 Å². The summed E-state index contributed by atoms with van der Waals surface area (Å²) in [6, 6.07) is 0. The second-order valence-electron chi connectivity index (χ2n) is 1.75. The van der Waals surface area contributed by atoms with Crippen molar-refractivity contribution in [1.82, 2.24) is 4.13 Å². The number of alkyl halides is 6. The van der Waals surface area contributed by atoms with Crippen molar-refractivity contribution in [2.45, 2.75) is 11.0 Å². The van der Waals surface area contributed by atoms with E-state index in [1.54, 1.807) is 0 Å².